The summed E-state index contributed by atoms with van der Waals surface area (Å²) in [6, 6.07) is 7.50. The predicted octanol–water partition coefficient (Wildman–Crippen LogP) is 3.20. The van der Waals surface area contributed by atoms with Gasteiger partial charge in [0.2, 0.25) is 0 Å². The molecule has 0 radical (unpaired) electrons. The summed E-state index contributed by atoms with van der Waals surface area (Å²) in [6.45, 7) is 1.82. The summed E-state index contributed by atoms with van der Waals surface area (Å²) >= 11 is 0. The zero-order valence-corrected chi connectivity index (χ0v) is 11.5. The van der Waals surface area contributed by atoms with Crippen LogP contribution in [0.5, 0.6) is 5.75 Å². The summed E-state index contributed by atoms with van der Waals surface area (Å²) in [7, 11) is 1.60. The van der Waals surface area contributed by atoms with Gasteiger partial charge in [-0.3, -0.25) is 14.8 Å². The molecule has 5 heteroatoms. The number of aromatic nitrogens is 1. The Bertz CT molecular complexity index is 665. The Morgan fingerprint density at radius 3 is 2.90 bits per heavy atom. The smallest absolute Gasteiger partial charge is 0.303 e. The lowest BCUT2D eigenvalue weighted by molar-refractivity contribution is -0.136. The molecule has 5 nitrogen and oxygen atoms in total. The number of carboxylic acids is 1. The molecule has 1 aromatic heterocycles. The van der Waals surface area contributed by atoms with Crippen molar-refractivity contribution in [3.8, 4) is 5.75 Å². The minimum atomic E-state index is -0.826. The number of pyridine rings is 1. The molecule has 1 N–H and O–H groups in total. The van der Waals surface area contributed by atoms with Crippen molar-refractivity contribution in [3.63, 3.8) is 0 Å². The van der Waals surface area contributed by atoms with Crippen LogP contribution in [0.1, 0.15) is 19.8 Å². The number of aliphatic imine (C=N–C) groups is 1. The van der Waals surface area contributed by atoms with Crippen molar-refractivity contribution in [1.82, 2.24) is 4.98 Å². The van der Waals surface area contributed by atoms with Crippen LogP contribution in [0.25, 0.3) is 10.9 Å². The van der Waals surface area contributed by atoms with Gasteiger partial charge in [0.25, 0.3) is 0 Å². The van der Waals surface area contributed by atoms with Crippen molar-refractivity contribution in [2.24, 2.45) is 4.99 Å². The van der Waals surface area contributed by atoms with E-state index in [1.165, 1.54) is 0 Å². The molecule has 0 amide bonds. The van der Waals surface area contributed by atoms with E-state index in [-0.39, 0.29) is 6.42 Å². The van der Waals surface area contributed by atoms with E-state index in [4.69, 9.17) is 9.84 Å². The van der Waals surface area contributed by atoms with Crippen LogP contribution in [0, 0.1) is 0 Å². The van der Waals surface area contributed by atoms with Crippen molar-refractivity contribution >= 4 is 28.3 Å². The molecular formula is C15H16N2O3. The van der Waals surface area contributed by atoms with Gasteiger partial charge in [-0.05, 0) is 25.5 Å². The molecule has 0 aliphatic rings. The van der Waals surface area contributed by atoms with E-state index in [1.54, 1.807) is 19.4 Å². The molecule has 1 heterocycles. The lowest BCUT2D eigenvalue weighted by Crippen LogP contribution is -1.99. The van der Waals surface area contributed by atoms with Crippen LogP contribution >= 0.6 is 0 Å². The van der Waals surface area contributed by atoms with Gasteiger partial charge < -0.3 is 9.84 Å². The van der Waals surface area contributed by atoms with Crippen LogP contribution in [-0.4, -0.2) is 28.9 Å². The van der Waals surface area contributed by atoms with Crippen molar-refractivity contribution in [2.45, 2.75) is 19.8 Å². The van der Waals surface area contributed by atoms with E-state index in [0.717, 1.165) is 16.6 Å². The summed E-state index contributed by atoms with van der Waals surface area (Å²) in [4.78, 5) is 19.4. The van der Waals surface area contributed by atoms with Gasteiger partial charge in [-0.25, -0.2) is 0 Å². The van der Waals surface area contributed by atoms with Crippen LogP contribution in [0.3, 0.4) is 0 Å². The average Bonchev–Trinajstić information content (AvgIpc) is 2.45. The van der Waals surface area contributed by atoms with Gasteiger partial charge in [-0.2, -0.15) is 0 Å². The second-order valence-corrected chi connectivity index (χ2v) is 4.46. The Morgan fingerprint density at radius 1 is 1.40 bits per heavy atom. The Hall–Kier alpha value is -2.43. The highest BCUT2D eigenvalue weighted by molar-refractivity contribution is 5.95. The molecule has 0 unspecified atom stereocenters. The fraction of sp³-hybridized carbons (Fsp3) is 0.267. The highest BCUT2D eigenvalue weighted by Gasteiger charge is 2.06. The number of aliphatic carboxylic acids is 1. The number of fused-ring (bicyclic) bond motifs is 1. The SMILES string of the molecule is COc1cc(N=C(C)CCC(=O)O)c2ncccc2c1. The number of hydrogen-bond donors (Lipinski definition) is 1. The van der Waals surface area contributed by atoms with Gasteiger partial charge >= 0.3 is 5.97 Å². The highest BCUT2D eigenvalue weighted by atomic mass is 16.5. The molecule has 0 aliphatic carbocycles. The average molecular weight is 272 g/mol. The number of rotatable bonds is 5. The van der Waals surface area contributed by atoms with Gasteiger partial charge in [0.15, 0.2) is 0 Å². The zero-order chi connectivity index (χ0) is 14.5. The maximum absolute atomic E-state index is 10.6. The van der Waals surface area contributed by atoms with E-state index >= 15 is 0 Å². The Morgan fingerprint density at radius 2 is 2.20 bits per heavy atom. The number of hydrogen-bond acceptors (Lipinski definition) is 4. The molecule has 0 atom stereocenters. The maximum atomic E-state index is 10.6. The zero-order valence-electron chi connectivity index (χ0n) is 11.5. The quantitative estimate of drug-likeness (QED) is 0.848. The lowest BCUT2D eigenvalue weighted by Gasteiger charge is -2.06. The molecule has 104 valence electrons. The molecule has 20 heavy (non-hydrogen) atoms. The van der Waals surface area contributed by atoms with Gasteiger partial charge in [0.1, 0.15) is 5.75 Å². The van der Waals surface area contributed by atoms with Crippen LogP contribution < -0.4 is 4.74 Å². The summed E-state index contributed by atoms with van der Waals surface area (Å²) in [5.41, 5.74) is 2.23. The number of carbonyl (C=O) groups is 1. The molecule has 0 bridgehead atoms. The monoisotopic (exact) mass is 272 g/mol. The third-order valence-corrected chi connectivity index (χ3v) is 2.91. The third-order valence-electron chi connectivity index (χ3n) is 2.91. The maximum Gasteiger partial charge on any atom is 0.303 e. The molecule has 0 saturated carbocycles. The number of ether oxygens (including phenoxy) is 1. The largest absolute Gasteiger partial charge is 0.497 e. The second-order valence-electron chi connectivity index (χ2n) is 4.46. The minimum Gasteiger partial charge on any atom is -0.497 e. The molecule has 0 spiro atoms. The topological polar surface area (TPSA) is 71.8 Å². The highest BCUT2D eigenvalue weighted by Crippen LogP contribution is 2.30. The minimum absolute atomic E-state index is 0.0741. The first-order valence-corrected chi connectivity index (χ1v) is 6.29. The Labute approximate surface area is 116 Å². The van der Waals surface area contributed by atoms with Crippen LogP contribution in [0.15, 0.2) is 35.5 Å². The normalized spacial score (nSPS) is 11.6. The third kappa shape index (κ3) is 3.32. The van der Waals surface area contributed by atoms with Gasteiger partial charge in [0, 0.05) is 23.4 Å². The van der Waals surface area contributed by atoms with Gasteiger partial charge in [-0.1, -0.05) is 6.07 Å². The molecule has 0 saturated heterocycles. The lowest BCUT2D eigenvalue weighted by atomic mass is 10.1. The van der Waals surface area contributed by atoms with Gasteiger partial charge in [0.05, 0.1) is 24.7 Å². The molecule has 1 aromatic carbocycles. The first kappa shape index (κ1) is 14.0. The standard InChI is InChI=1S/C15H16N2O3/c1-10(5-6-14(18)19)17-13-9-12(20-2)8-11-4-3-7-16-15(11)13/h3-4,7-9H,5-6H2,1-2H3,(H,18,19). The van der Waals surface area contributed by atoms with Crippen molar-refractivity contribution in [2.75, 3.05) is 7.11 Å². The van der Waals surface area contributed by atoms with Gasteiger partial charge in [-0.15, -0.1) is 0 Å². The van der Waals surface area contributed by atoms with Crippen LogP contribution in [0.4, 0.5) is 5.69 Å². The molecule has 2 rings (SSSR count). The summed E-state index contributed by atoms with van der Waals surface area (Å²) < 4.78 is 5.25. The fourth-order valence-electron chi connectivity index (χ4n) is 1.90. The molecule has 0 fully saturated rings. The van der Waals surface area contributed by atoms with Crippen LogP contribution in [0.2, 0.25) is 0 Å². The van der Waals surface area contributed by atoms with E-state index < -0.39 is 5.97 Å². The van der Waals surface area contributed by atoms with E-state index in [0.29, 0.717) is 17.9 Å². The Balaban J connectivity index is 2.41. The number of benzene rings is 1. The first-order valence-electron chi connectivity index (χ1n) is 6.29. The fourth-order valence-corrected chi connectivity index (χ4v) is 1.90. The summed E-state index contributed by atoms with van der Waals surface area (Å²) in [5, 5.41) is 9.64. The van der Waals surface area contributed by atoms with Crippen molar-refractivity contribution in [1.29, 1.82) is 0 Å². The van der Waals surface area contributed by atoms with Crippen molar-refractivity contribution in [3.05, 3.63) is 30.5 Å². The number of carboxylic acid groups (broad SMARTS) is 1. The predicted molar refractivity (Wildman–Crippen MR) is 77.9 cm³/mol. The van der Waals surface area contributed by atoms with Crippen molar-refractivity contribution < 1.29 is 14.6 Å². The second kappa shape index (κ2) is 6.14. The van der Waals surface area contributed by atoms with Crippen LogP contribution in [-0.2, 0) is 4.79 Å². The summed E-state index contributed by atoms with van der Waals surface area (Å²) in [5.74, 6) is -0.122. The van der Waals surface area contributed by atoms with E-state index in [9.17, 15) is 4.79 Å². The molecule has 2 aromatic rings. The first-order chi connectivity index (χ1) is 9.60. The number of nitrogens with zero attached hydrogens (tertiary/aromatic N) is 2. The number of methoxy groups -OCH3 is 1. The molecular weight excluding hydrogens is 256 g/mol. The summed E-state index contributed by atoms with van der Waals surface area (Å²) in [6.07, 6.45) is 2.20. The van der Waals surface area contributed by atoms with E-state index in [2.05, 4.69) is 9.98 Å². The Kier molecular flexibility index (Phi) is 4.30. The van der Waals surface area contributed by atoms with E-state index in [1.807, 2.05) is 25.1 Å². The molecule has 0 aliphatic heterocycles.